The second kappa shape index (κ2) is 8.69. The number of hydrogen-bond acceptors (Lipinski definition) is 5. The third-order valence-electron chi connectivity index (χ3n) is 5.97. The molecule has 0 bridgehead atoms. The molecule has 1 saturated heterocycles. The van der Waals surface area contributed by atoms with Crippen molar-refractivity contribution in [3.63, 3.8) is 0 Å². The highest BCUT2D eigenvalue weighted by atomic mass is 19.1. The van der Waals surface area contributed by atoms with Crippen LogP contribution in [0.1, 0.15) is 35.7 Å². The maximum atomic E-state index is 13.8. The van der Waals surface area contributed by atoms with Crippen LogP contribution in [0.4, 0.5) is 8.78 Å². The topological polar surface area (TPSA) is 51.9 Å². The minimum Gasteiger partial charge on any atom is -0.495 e. The number of piperidine rings is 1. The minimum absolute atomic E-state index is 0.243. The van der Waals surface area contributed by atoms with Crippen molar-refractivity contribution in [2.45, 2.75) is 25.8 Å². The number of methoxy groups -OCH3 is 1. The van der Waals surface area contributed by atoms with Crippen LogP contribution in [0.2, 0.25) is 0 Å². The molecule has 0 radical (unpaired) electrons. The van der Waals surface area contributed by atoms with E-state index < -0.39 is 11.6 Å². The fourth-order valence-electron chi connectivity index (χ4n) is 4.45. The van der Waals surface area contributed by atoms with Crippen LogP contribution in [-0.2, 0) is 4.84 Å². The predicted octanol–water partition coefficient (Wildman–Crippen LogP) is 5.03. The SMILES string of the molecule is COc1cc(/C=C2\CCCN3C2=NOC[C@H]3c2cc(F)cc(F)c2)ccc1-n1cnc(C)c1. The van der Waals surface area contributed by atoms with Crippen LogP contribution in [0, 0.1) is 18.6 Å². The second-order valence-electron chi connectivity index (χ2n) is 8.25. The average molecular weight is 450 g/mol. The molecule has 33 heavy (non-hydrogen) atoms. The van der Waals surface area contributed by atoms with Gasteiger partial charge in [-0.25, -0.2) is 13.8 Å². The molecule has 2 aliphatic rings. The van der Waals surface area contributed by atoms with Gasteiger partial charge in [0, 0.05) is 18.8 Å². The van der Waals surface area contributed by atoms with Gasteiger partial charge in [-0.1, -0.05) is 11.2 Å². The molecule has 6 nitrogen and oxygen atoms in total. The summed E-state index contributed by atoms with van der Waals surface area (Å²) in [6, 6.07) is 9.28. The lowest BCUT2D eigenvalue weighted by molar-refractivity contribution is 0.0573. The molecule has 0 unspecified atom stereocenters. The van der Waals surface area contributed by atoms with Crippen LogP contribution >= 0.6 is 0 Å². The van der Waals surface area contributed by atoms with E-state index in [1.54, 1.807) is 13.4 Å². The molecule has 3 aromatic rings. The van der Waals surface area contributed by atoms with Crippen LogP contribution < -0.4 is 4.74 Å². The Labute approximate surface area is 190 Å². The van der Waals surface area contributed by atoms with Gasteiger partial charge in [-0.05, 0) is 66.8 Å². The summed E-state index contributed by atoms with van der Waals surface area (Å²) in [5.41, 5.74) is 4.34. The summed E-state index contributed by atoms with van der Waals surface area (Å²) < 4.78 is 35.2. The molecule has 2 aliphatic heterocycles. The first-order valence-corrected chi connectivity index (χ1v) is 10.8. The standard InChI is InChI=1S/C25H24F2N4O2/c1-16-13-30(15-28-16)22-6-5-17(9-24(22)32-2)8-18-4-3-7-31-23(14-33-29-25(18)31)19-10-20(26)12-21(27)11-19/h5-6,8-13,15,23H,3-4,7,14H2,1-2H3/b18-8+/t23-/m0/s1. The lowest BCUT2D eigenvalue weighted by Gasteiger charge is -2.40. The Hall–Kier alpha value is -3.68. The number of halogens is 2. The Balaban J connectivity index is 1.46. The number of aryl methyl sites for hydroxylation is 1. The van der Waals surface area contributed by atoms with Gasteiger partial charge in [0.05, 0.1) is 30.9 Å². The van der Waals surface area contributed by atoms with E-state index in [-0.39, 0.29) is 12.6 Å². The van der Waals surface area contributed by atoms with Crippen molar-refractivity contribution in [3.8, 4) is 11.4 Å². The fraction of sp³-hybridized carbons (Fsp3) is 0.280. The molecule has 1 fully saturated rings. The summed E-state index contributed by atoms with van der Waals surface area (Å²) in [7, 11) is 1.64. The number of rotatable bonds is 4. The first kappa shape index (κ1) is 21.2. The third-order valence-corrected chi connectivity index (χ3v) is 5.97. The van der Waals surface area contributed by atoms with E-state index in [1.165, 1.54) is 12.1 Å². The van der Waals surface area contributed by atoms with Crippen molar-refractivity contribution in [2.75, 3.05) is 20.3 Å². The molecule has 1 atom stereocenters. The van der Waals surface area contributed by atoms with Gasteiger partial charge in [0.2, 0.25) is 0 Å². The molecular weight excluding hydrogens is 426 g/mol. The Bertz CT molecular complexity index is 1230. The summed E-state index contributed by atoms with van der Waals surface area (Å²) in [6.45, 7) is 2.92. The zero-order valence-electron chi connectivity index (χ0n) is 18.5. The Morgan fingerprint density at radius 1 is 1.15 bits per heavy atom. The molecule has 8 heteroatoms. The maximum absolute atomic E-state index is 13.8. The number of oxime groups is 1. The lowest BCUT2D eigenvalue weighted by Crippen LogP contribution is -2.44. The first-order valence-electron chi connectivity index (χ1n) is 10.8. The van der Waals surface area contributed by atoms with E-state index in [2.05, 4.69) is 21.1 Å². The van der Waals surface area contributed by atoms with Crippen molar-refractivity contribution in [1.29, 1.82) is 0 Å². The van der Waals surface area contributed by atoms with Crippen molar-refractivity contribution < 1.29 is 18.4 Å². The summed E-state index contributed by atoms with van der Waals surface area (Å²) in [5, 5.41) is 4.30. The predicted molar refractivity (Wildman–Crippen MR) is 121 cm³/mol. The van der Waals surface area contributed by atoms with Crippen LogP contribution in [0.5, 0.6) is 5.75 Å². The highest BCUT2D eigenvalue weighted by Crippen LogP contribution is 2.34. The first-order chi connectivity index (χ1) is 16.0. The zero-order valence-corrected chi connectivity index (χ0v) is 18.5. The highest BCUT2D eigenvalue weighted by molar-refractivity contribution is 6.03. The van der Waals surface area contributed by atoms with Crippen molar-refractivity contribution in [1.82, 2.24) is 14.5 Å². The monoisotopic (exact) mass is 450 g/mol. The van der Waals surface area contributed by atoms with Gasteiger partial charge in [-0.2, -0.15) is 0 Å². The molecule has 0 saturated carbocycles. The van der Waals surface area contributed by atoms with E-state index >= 15 is 0 Å². The van der Waals surface area contributed by atoms with Gasteiger partial charge >= 0.3 is 0 Å². The summed E-state index contributed by atoms with van der Waals surface area (Å²) in [6.07, 6.45) is 7.50. The van der Waals surface area contributed by atoms with Crippen LogP contribution in [-0.4, -0.2) is 40.5 Å². The molecule has 170 valence electrons. The van der Waals surface area contributed by atoms with E-state index in [9.17, 15) is 8.78 Å². The number of nitrogens with zero attached hydrogens (tertiary/aromatic N) is 4. The summed E-state index contributed by atoms with van der Waals surface area (Å²) in [4.78, 5) is 11.9. The van der Waals surface area contributed by atoms with Gasteiger partial charge in [0.25, 0.3) is 0 Å². The van der Waals surface area contributed by atoms with E-state index in [0.29, 0.717) is 11.4 Å². The van der Waals surface area contributed by atoms with Crippen LogP contribution in [0.3, 0.4) is 0 Å². The maximum Gasteiger partial charge on any atom is 0.172 e. The lowest BCUT2D eigenvalue weighted by atomic mass is 9.96. The van der Waals surface area contributed by atoms with Crippen molar-refractivity contribution in [3.05, 3.63) is 83.0 Å². The number of ether oxygens (including phenoxy) is 1. The molecule has 1 aromatic heterocycles. The molecule has 0 aliphatic carbocycles. The zero-order chi connectivity index (χ0) is 22.9. The summed E-state index contributed by atoms with van der Waals surface area (Å²) >= 11 is 0. The van der Waals surface area contributed by atoms with Crippen LogP contribution in [0.15, 0.2) is 59.7 Å². The second-order valence-corrected chi connectivity index (χ2v) is 8.25. The Morgan fingerprint density at radius 3 is 2.70 bits per heavy atom. The van der Waals surface area contributed by atoms with Crippen molar-refractivity contribution >= 4 is 11.9 Å². The normalized spacial score (nSPS) is 19.2. The van der Waals surface area contributed by atoms with Gasteiger partial charge < -0.3 is 19.0 Å². The quantitative estimate of drug-likeness (QED) is 0.559. The number of benzene rings is 2. The molecule has 5 rings (SSSR count). The number of imidazole rings is 1. The molecule has 0 N–H and O–H groups in total. The molecule has 0 amide bonds. The Kier molecular flexibility index (Phi) is 5.58. The van der Waals surface area contributed by atoms with Gasteiger partial charge in [-0.3, -0.25) is 0 Å². The van der Waals surface area contributed by atoms with Gasteiger partial charge in [0.15, 0.2) is 5.84 Å². The smallest absolute Gasteiger partial charge is 0.172 e. The average Bonchev–Trinajstić information content (AvgIpc) is 3.24. The van der Waals surface area contributed by atoms with E-state index in [0.717, 1.165) is 53.7 Å². The fourth-order valence-corrected chi connectivity index (χ4v) is 4.45. The molecule has 0 spiro atoms. The Morgan fingerprint density at radius 2 is 1.97 bits per heavy atom. The summed E-state index contributed by atoms with van der Waals surface area (Å²) in [5.74, 6) is 0.240. The molecule has 3 heterocycles. The largest absolute Gasteiger partial charge is 0.495 e. The molecule has 2 aromatic carbocycles. The van der Waals surface area contributed by atoms with Crippen LogP contribution in [0.25, 0.3) is 11.8 Å². The number of amidine groups is 1. The number of hydrogen-bond donors (Lipinski definition) is 0. The number of fused-ring (bicyclic) bond motifs is 1. The minimum atomic E-state index is -0.595. The van der Waals surface area contributed by atoms with Gasteiger partial charge in [0.1, 0.15) is 24.0 Å². The molecular formula is C25H24F2N4O2. The van der Waals surface area contributed by atoms with Crippen molar-refractivity contribution in [2.24, 2.45) is 5.16 Å². The van der Waals surface area contributed by atoms with E-state index in [1.807, 2.05) is 35.9 Å². The van der Waals surface area contributed by atoms with Gasteiger partial charge in [-0.15, -0.1) is 0 Å². The number of aromatic nitrogens is 2. The third kappa shape index (κ3) is 4.20. The van der Waals surface area contributed by atoms with E-state index in [4.69, 9.17) is 9.57 Å². The highest BCUT2D eigenvalue weighted by Gasteiger charge is 2.33.